The Morgan fingerprint density at radius 1 is 1.09 bits per heavy atom. The number of aliphatic carboxylic acids is 1. The number of hydrogen-bond donors (Lipinski definition) is 3. The molecule has 2 aromatic carbocycles. The molecule has 5 nitrogen and oxygen atoms in total. The van der Waals surface area contributed by atoms with E-state index in [0.29, 0.717) is 22.6 Å². The third-order valence-corrected chi connectivity index (χ3v) is 7.15. The van der Waals surface area contributed by atoms with Gasteiger partial charge in [-0.05, 0) is 73.6 Å². The lowest BCUT2D eigenvalue weighted by Gasteiger charge is -2.26. The minimum Gasteiger partial charge on any atom is -0.481 e. The van der Waals surface area contributed by atoms with Crippen molar-refractivity contribution in [1.29, 1.82) is 0 Å². The van der Waals surface area contributed by atoms with Crippen LogP contribution in [0.4, 0.5) is 15.8 Å². The lowest BCUT2D eigenvalue weighted by molar-refractivity contribution is -0.138. The highest BCUT2D eigenvalue weighted by Crippen LogP contribution is 2.40. The fourth-order valence-corrected chi connectivity index (χ4v) is 5.36. The second-order valence-corrected chi connectivity index (χ2v) is 9.49. The standard InChI is InChI=1S/C24H24FN3O2S2/c25-19-3-1-2-4-20(19)28-24(31)27-18-11-9-16(10-12-18)21-14-26-23(32-21)17-7-5-15(6-8-17)13-22(29)30/h1-4,9-12,14-15,17H,5-8,13H2,(H,29,30)(H2,27,28,31). The van der Waals surface area contributed by atoms with E-state index in [9.17, 15) is 9.18 Å². The van der Waals surface area contributed by atoms with Crippen molar-refractivity contribution in [3.05, 3.63) is 65.6 Å². The van der Waals surface area contributed by atoms with E-state index in [2.05, 4.69) is 15.6 Å². The number of halogens is 1. The zero-order chi connectivity index (χ0) is 22.5. The summed E-state index contributed by atoms with van der Waals surface area (Å²) in [6, 6.07) is 14.3. The smallest absolute Gasteiger partial charge is 0.303 e. The number of thiocarbonyl (C=S) groups is 1. The number of carboxylic acids is 1. The van der Waals surface area contributed by atoms with Gasteiger partial charge in [0.15, 0.2) is 5.11 Å². The number of nitrogens with one attached hydrogen (secondary N) is 2. The first kappa shape index (κ1) is 22.4. The molecule has 1 heterocycles. The minimum absolute atomic E-state index is 0.273. The van der Waals surface area contributed by atoms with E-state index in [1.807, 2.05) is 30.5 Å². The first-order chi connectivity index (χ1) is 15.5. The van der Waals surface area contributed by atoms with Crippen molar-refractivity contribution in [2.45, 2.75) is 38.0 Å². The van der Waals surface area contributed by atoms with Crippen molar-refractivity contribution in [3.63, 3.8) is 0 Å². The third kappa shape index (κ3) is 5.69. The summed E-state index contributed by atoms with van der Waals surface area (Å²) in [5.74, 6) is -0.348. The summed E-state index contributed by atoms with van der Waals surface area (Å²) in [5, 5.41) is 16.4. The van der Waals surface area contributed by atoms with Crippen LogP contribution in [0.2, 0.25) is 0 Å². The van der Waals surface area contributed by atoms with Gasteiger partial charge in [-0.2, -0.15) is 0 Å². The second kappa shape index (κ2) is 10.2. The summed E-state index contributed by atoms with van der Waals surface area (Å²) in [6.45, 7) is 0. The molecule has 1 saturated carbocycles. The molecule has 1 aromatic heterocycles. The molecule has 32 heavy (non-hydrogen) atoms. The molecule has 1 fully saturated rings. The molecule has 0 saturated heterocycles. The normalized spacial score (nSPS) is 18.2. The van der Waals surface area contributed by atoms with Crippen molar-refractivity contribution in [2.24, 2.45) is 5.92 Å². The number of nitrogens with zero attached hydrogens (tertiary/aromatic N) is 1. The SMILES string of the molecule is O=C(O)CC1CCC(c2ncc(-c3ccc(NC(=S)Nc4ccccc4F)cc3)s2)CC1. The van der Waals surface area contributed by atoms with Crippen LogP contribution in [0.15, 0.2) is 54.7 Å². The van der Waals surface area contributed by atoms with Gasteiger partial charge >= 0.3 is 5.97 Å². The molecule has 3 aromatic rings. The van der Waals surface area contributed by atoms with Gasteiger partial charge in [-0.15, -0.1) is 11.3 Å². The summed E-state index contributed by atoms with van der Waals surface area (Å²) >= 11 is 6.98. The van der Waals surface area contributed by atoms with Gasteiger partial charge in [-0.25, -0.2) is 9.37 Å². The van der Waals surface area contributed by atoms with E-state index in [-0.39, 0.29) is 12.2 Å². The van der Waals surface area contributed by atoms with Gasteiger partial charge in [-0.1, -0.05) is 24.3 Å². The minimum atomic E-state index is -0.702. The Kier molecular flexibility index (Phi) is 7.12. The number of anilines is 2. The molecular formula is C24H24FN3O2S2. The molecule has 0 amide bonds. The zero-order valence-electron chi connectivity index (χ0n) is 17.4. The highest BCUT2D eigenvalue weighted by atomic mass is 32.1. The van der Waals surface area contributed by atoms with Crippen LogP contribution in [-0.4, -0.2) is 21.2 Å². The Morgan fingerprint density at radius 2 is 1.81 bits per heavy atom. The van der Waals surface area contributed by atoms with Gasteiger partial charge < -0.3 is 15.7 Å². The number of aromatic nitrogens is 1. The molecule has 0 aliphatic heterocycles. The van der Waals surface area contributed by atoms with Crippen LogP contribution >= 0.6 is 23.6 Å². The largest absolute Gasteiger partial charge is 0.481 e. The Morgan fingerprint density at radius 3 is 2.50 bits per heavy atom. The first-order valence-electron chi connectivity index (χ1n) is 10.6. The molecular weight excluding hydrogens is 445 g/mol. The predicted molar refractivity (Wildman–Crippen MR) is 131 cm³/mol. The van der Waals surface area contributed by atoms with E-state index in [0.717, 1.165) is 46.8 Å². The average Bonchev–Trinajstić information content (AvgIpc) is 3.26. The van der Waals surface area contributed by atoms with Crippen LogP contribution in [0.25, 0.3) is 10.4 Å². The topological polar surface area (TPSA) is 74.2 Å². The summed E-state index contributed by atoms with van der Waals surface area (Å²) in [7, 11) is 0. The third-order valence-electron chi connectivity index (χ3n) is 5.73. The Labute approximate surface area is 195 Å². The highest BCUT2D eigenvalue weighted by Gasteiger charge is 2.25. The van der Waals surface area contributed by atoms with E-state index in [1.165, 1.54) is 6.07 Å². The van der Waals surface area contributed by atoms with Gasteiger partial charge in [-0.3, -0.25) is 4.79 Å². The monoisotopic (exact) mass is 469 g/mol. The van der Waals surface area contributed by atoms with E-state index < -0.39 is 5.97 Å². The predicted octanol–water partition coefficient (Wildman–Crippen LogP) is 6.51. The fourth-order valence-electron chi connectivity index (χ4n) is 4.04. The van der Waals surface area contributed by atoms with Crippen LogP contribution in [0.3, 0.4) is 0 Å². The molecule has 0 radical (unpaired) electrons. The molecule has 1 aliphatic carbocycles. The number of rotatable bonds is 6. The van der Waals surface area contributed by atoms with E-state index >= 15 is 0 Å². The summed E-state index contributed by atoms with van der Waals surface area (Å²) in [5.41, 5.74) is 2.21. The van der Waals surface area contributed by atoms with Crippen LogP contribution in [0, 0.1) is 11.7 Å². The van der Waals surface area contributed by atoms with Crippen LogP contribution in [0.1, 0.15) is 43.0 Å². The molecule has 0 atom stereocenters. The van der Waals surface area contributed by atoms with Crippen molar-refractivity contribution >= 4 is 46.0 Å². The number of para-hydroxylation sites is 1. The maximum Gasteiger partial charge on any atom is 0.303 e. The average molecular weight is 470 g/mol. The number of benzene rings is 2. The molecule has 166 valence electrons. The zero-order valence-corrected chi connectivity index (χ0v) is 19.0. The second-order valence-electron chi connectivity index (χ2n) is 8.01. The summed E-state index contributed by atoms with van der Waals surface area (Å²) in [6.07, 6.45) is 6.09. The van der Waals surface area contributed by atoms with Crippen LogP contribution in [0.5, 0.6) is 0 Å². The van der Waals surface area contributed by atoms with Gasteiger partial charge in [0.1, 0.15) is 5.82 Å². The van der Waals surface area contributed by atoms with Crippen molar-refractivity contribution in [2.75, 3.05) is 10.6 Å². The van der Waals surface area contributed by atoms with E-state index in [4.69, 9.17) is 17.3 Å². The van der Waals surface area contributed by atoms with Crippen molar-refractivity contribution < 1.29 is 14.3 Å². The maximum absolute atomic E-state index is 13.8. The van der Waals surface area contributed by atoms with Gasteiger partial charge in [0.25, 0.3) is 0 Å². The van der Waals surface area contributed by atoms with Crippen molar-refractivity contribution in [3.8, 4) is 10.4 Å². The first-order valence-corrected chi connectivity index (χ1v) is 11.8. The number of carboxylic acid groups (broad SMARTS) is 1. The Balaban J connectivity index is 1.34. The lowest BCUT2D eigenvalue weighted by atomic mass is 9.81. The van der Waals surface area contributed by atoms with Gasteiger partial charge in [0.2, 0.25) is 0 Å². The Hall–Kier alpha value is -2.84. The van der Waals surface area contributed by atoms with Gasteiger partial charge in [0.05, 0.1) is 15.6 Å². The Bertz CT molecular complexity index is 1090. The quantitative estimate of drug-likeness (QED) is 0.358. The summed E-state index contributed by atoms with van der Waals surface area (Å²) < 4.78 is 13.8. The molecule has 0 bridgehead atoms. The number of carbonyl (C=O) groups is 1. The maximum atomic E-state index is 13.8. The highest BCUT2D eigenvalue weighted by molar-refractivity contribution is 7.80. The van der Waals surface area contributed by atoms with Crippen LogP contribution < -0.4 is 10.6 Å². The summed E-state index contributed by atoms with van der Waals surface area (Å²) in [4.78, 5) is 16.7. The number of thiazole rings is 1. The molecule has 3 N–H and O–H groups in total. The molecule has 0 unspecified atom stereocenters. The number of hydrogen-bond acceptors (Lipinski definition) is 4. The molecule has 8 heteroatoms. The lowest BCUT2D eigenvalue weighted by Crippen LogP contribution is -2.19. The fraction of sp³-hybridized carbons (Fsp3) is 0.292. The molecule has 4 rings (SSSR count). The molecule has 1 aliphatic rings. The van der Waals surface area contributed by atoms with Gasteiger partial charge in [0, 0.05) is 24.2 Å². The molecule has 0 spiro atoms. The van der Waals surface area contributed by atoms with Crippen molar-refractivity contribution in [1.82, 2.24) is 4.98 Å². The van der Waals surface area contributed by atoms with Crippen LogP contribution in [-0.2, 0) is 4.79 Å². The van der Waals surface area contributed by atoms with E-state index in [1.54, 1.807) is 29.5 Å².